The molecule has 0 spiro atoms. The lowest BCUT2D eigenvalue weighted by Crippen LogP contribution is -2.00. The van der Waals surface area contributed by atoms with Crippen molar-refractivity contribution in [2.45, 2.75) is 52.4 Å². The third kappa shape index (κ3) is 5.05. The van der Waals surface area contributed by atoms with E-state index < -0.39 is 0 Å². The molecule has 1 aromatic carbocycles. The molecule has 25 heavy (non-hydrogen) atoms. The summed E-state index contributed by atoms with van der Waals surface area (Å²) < 4.78 is 11.1. The quantitative estimate of drug-likeness (QED) is 0.489. The number of nitrogens with zero attached hydrogens (tertiary/aromatic N) is 2. The lowest BCUT2D eigenvalue weighted by Gasteiger charge is -2.08. The maximum Gasteiger partial charge on any atom is 0.214 e. The maximum absolute atomic E-state index is 5.84. The van der Waals surface area contributed by atoms with Crippen LogP contribution in [-0.4, -0.2) is 16.7 Å². The van der Waals surface area contributed by atoms with E-state index in [1.807, 2.05) is 37.3 Å². The number of fused-ring (bicyclic) bond motifs is 1. The summed E-state index contributed by atoms with van der Waals surface area (Å²) in [4.78, 5) is 4.58. The first kappa shape index (κ1) is 17.5. The molecular formula is C21H26N2O2. The molecule has 0 aliphatic rings. The number of benzene rings is 1. The van der Waals surface area contributed by atoms with E-state index in [4.69, 9.17) is 9.26 Å². The van der Waals surface area contributed by atoms with E-state index in [1.165, 1.54) is 30.2 Å². The van der Waals surface area contributed by atoms with Gasteiger partial charge in [0.1, 0.15) is 5.76 Å². The SMILES string of the molecule is Cc1cc(CCCCCCCOc2cc(C)c3ccccc3n2)on1. The van der Waals surface area contributed by atoms with Gasteiger partial charge in [-0.05, 0) is 38.3 Å². The molecule has 0 saturated heterocycles. The Balaban J connectivity index is 1.32. The van der Waals surface area contributed by atoms with Gasteiger partial charge in [0.25, 0.3) is 0 Å². The number of para-hydroxylation sites is 1. The van der Waals surface area contributed by atoms with E-state index in [2.05, 4.69) is 23.1 Å². The number of unbranched alkanes of at least 4 members (excludes halogenated alkanes) is 4. The van der Waals surface area contributed by atoms with E-state index in [-0.39, 0.29) is 0 Å². The largest absolute Gasteiger partial charge is 0.478 e. The Hall–Kier alpha value is -2.36. The Morgan fingerprint density at radius 3 is 2.60 bits per heavy atom. The van der Waals surface area contributed by atoms with Gasteiger partial charge in [0, 0.05) is 23.9 Å². The monoisotopic (exact) mass is 338 g/mol. The second-order valence-corrected chi connectivity index (χ2v) is 6.60. The van der Waals surface area contributed by atoms with Crippen molar-refractivity contribution >= 4 is 10.9 Å². The normalized spacial score (nSPS) is 11.1. The van der Waals surface area contributed by atoms with Gasteiger partial charge in [-0.2, -0.15) is 0 Å². The van der Waals surface area contributed by atoms with Gasteiger partial charge >= 0.3 is 0 Å². The Morgan fingerprint density at radius 2 is 1.76 bits per heavy atom. The van der Waals surface area contributed by atoms with E-state index in [1.54, 1.807) is 0 Å². The highest BCUT2D eigenvalue weighted by atomic mass is 16.5. The van der Waals surface area contributed by atoms with Crippen LogP contribution in [0.15, 0.2) is 40.9 Å². The van der Waals surface area contributed by atoms with Crippen LogP contribution in [0.5, 0.6) is 5.88 Å². The Bertz CT molecular complexity index is 811. The lowest BCUT2D eigenvalue weighted by molar-refractivity contribution is 0.294. The van der Waals surface area contributed by atoms with Gasteiger partial charge in [-0.15, -0.1) is 0 Å². The fraction of sp³-hybridized carbons (Fsp3) is 0.429. The first-order chi connectivity index (χ1) is 12.2. The van der Waals surface area contributed by atoms with Crippen molar-refractivity contribution in [1.82, 2.24) is 10.1 Å². The van der Waals surface area contributed by atoms with Crippen LogP contribution in [0.3, 0.4) is 0 Å². The van der Waals surface area contributed by atoms with Crippen LogP contribution in [0, 0.1) is 13.8 Å². The molecule has 132 valence electrons. The second-order valence-electron chi connectivity index (χ2n) is 6.60. The van der Waals surface area contributed by atoms with Gasteiger partial charge in [-0.25, -0.2) is 4.98 Å². The molecular weight excluding hydrogens is 312 g/mol. The van der Waals surface area contributed by atoms with Crippen LogP contribution in [0.2, 0.25) is 0 Å². The molecule has 0 fully saturated rings. The number of pyridine rings is 1. The van der Waals surface area contributed by atoms with E-state index in [9.17, 15) is 0 Å². The zero-order valence-electron chi connectivity index (χ0n) is 15.1. The van der Waals surface area contributed by atoms with Gasteiger partial charge in [0.2, 0.25) is 5.88 Å². The van der Waals surface area contributed by atoms with Crippen molar-refractivity contribution < 1.29 is 9.26 Å². The lowest BCUT2D eigenvalue weighted by atomic mass is 10.1. The molecule has 0 aliphatic heterocycles. The smallest absolute Gasteiger partial charge is 0.214 e. The topological polar surface area (TPSA) is 48.2 Å². The van der Waals surface area contributed by atoms with Crippen molar-refractivity contribution in [3.05, 3.63) is 53.4 Å². The van der Waals surface area contributed by atoms with Gasteiger partial charge in [0.05, 0.1) is 17.8 Å². The molecule has 0 unspecified atom stereocenters. The summed E-state index contributed by atoms with van der Waals surface area (Å²) in [6, 6.07) is 12.2. The highest BCUT2D eigenvalue weighted by Gasteiger charge is 2.03. The summed E-state index contributed by atoms with van der Waals surface area (Å²) in [5, 5.41) is 5.10. The Labute approximate surface area is 149 Å². The molecule has 0 aliphatic carbocycles. The average molecular weight is 338 g/mol. The number of ether oxygens (including phenoxy) is 1. The fourth-order valence-electron chi connectivity index (χ4n) is 3.03. The number of rotatable bonds is 9. The highest BCUT2D eigenvalue weighted by molar-refractivity contribution is 5.82. The summed E-state index contributed by atoms with van der Waals surface area (Å²) in [5.41, 5.74) is 3.17. The minimum absolute atomic E-state index is 0.728. The predicted octanol–water partition coefficient (Wildman–Crippen LogP) is 5.41. The fourth-order valence-corrected chi connectivity index (χ4v) is 3.03. The second kappa shape index (κ2) is 8.65. The van der Waals surface area contributed by atoms with Crippen molar-refractivity contribution in [2.24, 2.45) is 0 Å². The summed E-state index contributed by atoms with van der Waals surface area (Å²) in [6.45, 7) is 4.79. The number of aryl methyl sites for hydroxylation is 3. The van der Waals surface area contributed by atoms with Crippen LogP contribution in [-0.2, 0) is 6.42 Å². The first-order valence-corrected chi connectivity index (χ1v) is 9.14. The van der Waals surface area contributed by atoms with Gasteiger partial charge in [-0.1, -0.05) is 42.6 Å². The van der Waals surface area contributed by atoms with Crippen molar-refractivity contribution in [1.29, 1.82) is 0 Å². The summed E-state index contributed by atoms with van der Waals surface area (Å²) >= 11 is 0. The van der Waals surface area contributed by atoms with Crippen LogP contribution in [0.25, 0.3) is 10.9 Å². The molecule has 0 N–H and O–H groups in total. The zero-order chi connectivity index (χ0) is 17.5. The molecule has 2 heterocycles. The molecule has 0 amide bonds. The minimum atomic E-state index is 0.728. The van der Waals surface area contributed by atoms with Crippen LogP contribution in [0.4, 0.5) is 0 Å². The summed E-state index contributed by atoms with van der Waals surface area (Å²) in [5.74, 6) is 1.73. The third-order valence-corrected chi connectivity index (χ3v) is 4.39. The Morgan fingerprint density at radius 1 is 0.960 bits per heavy atom. The maximum atomic E-state index is 5.84. The van der Waals surface area contributed by atoms with Gasteiger partial charge in [-0.3, -0.25) is 0 Å². The van der Waals surface area contributed by atoms with Gasteiger partial charge in [0.15, 0.2) is 0 Å². The van der Waals surface area contributed by atoms with Gasteiger partial charge < -0.3 is 9.26 Å². The molecule has 0 radical (unpaired) electrons. The number of aromatic nitrogens is 2. The van der Waals surface area contributed by atoms with Crippen molar-refractivity contribution in [2.75, 3.05) is 6.61 Å². The van der Waals surface area contributed by atoms with E-state index in [0.717, 1.165) is 48.7 Å². The highest BCUT2D eigenvalue weighted by Crippen LogP contribution is 2.21. The molecule has 0 atom stereocenters. The molecule has 2 aromatic heterocycles. The standard InChI is InChI=1S/C21H26N2O2/c1-16-14-21(22-20-12-8-7-11-19(16)20)24-13-9-5-3-4-6-10-18-15-17(2)23-25-18/h7-8,11-12,14-15H,3-6,9-10,13H2,1-2H3. The Kier molecular flexibility index (Phi) is 6.04. The average Bonchev–Trinajstić information content (AvgIpc) is 3.02. The summed E-state index contributed by atoms with van der Waals surface area (Å²) in [7, 11) is 0. The molecule has 3 aromatic rings. The molecule has 0 saturated carbocycles. The first-order valence-electron chi connectivity index (χ1n) is 9.14. The number of hydrogen-bond donors (Lipinski definition) is 0. The predicted molar refractivity (Wildman–Crippen MR) is 100 cm³/mol. The molecule has 0 bridgehead atoms. The molecule has 4 heteroatoms. The van der Waals surface area contributed by atoms with Crippen molar-refractivity contribution in [3.8, 4) is 5.88 Å². The van der Waals surface area contributed by atoms with E-state index >= 15 is 0 Å². The number of hydrogen-bond acceptors (Lipinski definition) is 4. The third-order valence-electron chi connectivity index (χ3n) is 4.39. The molecule has 3 rings (SSSR count). The van der Waals surface area contributed by atoms with Crippen LogP contribution in [0.1, 0.15) is 49.1 Å². The van der Waals surface area contributed by atoms with Crippen LogP contribution >= 0.6 is 0 Å². The van der Waals surface area contributed by atoms with Crippen LogP contribution < -0.4 is 4.74 Å². The van der Waals surface area contributed by atoms with E-state index in [0.29, 0.717) is 0 Å². The van der Waals surface area contributed by atoms with Crippen molar-refractivity contribution in [3.63, 3.8) is 0 Å². The molecule has 4 nitrogen and oxygen atoms in total. The zero-order valence-corrected chi connectivity index (χ0v) is 15.1. The summed E-state index contributed by atoms with van der Waals surface area (Å²) in [6.07, 6.45) is 6.82. The minimum Gasteiger partial charge on any atom is -0.478 e.